The zero-order chi connectivity index (χ0) is 19.6. The maximum absolute atomic E-state index is 12.5. The van der Waals surface area contributed by atoms with E-state index in [1.54, 1.807) is 24.3 Å². The van der Waals surface area contributed by atoms with E-state index in [0.717, 1.165) is 32.1 Å². The molecule has 0 atom stereocenters. The lowest BCUT2D eigenvalue weighted by atomic mass is 9.95. The summed E-state index contributed by atoms with van der Waals surface area (Å²) in [6.45, 7) is 0.462. The van der Waals surface area contributed by atoms with E-state index < -0.39 is 0 Å². The first-order valence-electron chi connectivity index (χ1n) is 10.1. The predicted molar refractivity (Wildman–Crippen MR) is 109 cm³/mol. The van der Waals surface area contributed by atoms with Gasteiger partial charge in [0, 0.05) is 12.6 Å². The van der Waals surface area contributed by atoms with E-state index in [-0.39, 0.29) is 24.5 Å². The van der Waals surface area contributed by atoms with Gasteiger partial charge >= 0.3 is 0 Å². The molecular weight excluding hydrogens is 352 g/mol. The maximum Gasteiger partial charge on any atom is 0.258 e. The second-order valence-electron chi connectivity index (χ2n) is 7.18. The lowest BCUT2D eigenvalue weighted by Crippen LogP contribution is -2.39. The number of carbonyl (C=O) groups is 2. The minimum atomic E-state index is -0.195. The Bertz CT molecular complexity index is 770. The molecule has 5 nitrogen and oxygen atoms in total. The van der Waals surface area contributed by atoms with Crippen LogP contribution in [0.5, 0.6) is 5.75 Å². The van der Waals surface area contributed by atoms with E-state index in [9.17, 15) is 9.59 Å². The van der Waals surface area contributed by atoms with Crippen molar-refractivity contribution >= 4 is 11.8 Å². The number of nitrogens with one attached hydrogen (secondary N) is 2. The van der Waals surface area contributed by atoms with Gasteiger partial charge < -0.3 is 15.4 Å². The highest BCUT2D eigenvalue weighted by molar-refractivity contribution is 5.97. The Kier molecular flexibility index (Phi) is 7.47. The first-order valence-corrected chi connectivity index (χ1v) is 10.1. The fourth-order valence-corrected chi connectivity index (χ4v) is 3.50. The number of hydrogen-bond donors (Lipinski definition) is 2. The first-order chi connectivity index (χ1) is 13.7. The molecule has 0 aromatic heterocycles. The van der Waals surface area contributed by atoms with Gasteiger partial charge in [0.2, 0.25) is 0 Å². The van der Waals surface area contributed by atoms with Gasteiger partial charge in [-0.3, -0.25) is 9.59 Å². The normalized spacial score (nSPS) is 14.3. The molecule has 0 aliphatic heterocycles. The molecule has 0 spiro atoms. The number of carbonyl (C=O) groups excluding carboxylic acids is 2. The molecule has 148 valence electrons. The zero-order valence-corrected chi connectivity index (χ0v) is 16.2. The third-order valence-electron chi connectivity index (χ3n) is 5.00. The number of para-hydroxylation sites is 1. The van der Waals surface area contributed by atoms with Crippen molar-refractivity contribution in [2.45, 2.75) is 44.6 Å². The van der Waals surface area contributed by atoms with Crippen LogP contribution in [0.2, 0.25) is 0 Å². The molecule has 2 aromatic carbocycles. The minimum Gasteiger partial charge on any atom is -0.483 e. The summed E-state index contributed by atoms with van der Waals surface area (Å²) in [6, 6.07) is 17.3. The van der Waals surface area contributed by atoms with Gasteiger partial charge in [-0.2, -0.15) is 0 Å². The summed E-state index contributed by atoms with van der Waals surface area (Å²) in [5.41, 5.74) is 1.62. The molecule has 3 rings (SSSR count). The van der Waals surface area contributed by atoms with Crippen LogP contribution in [-0.2, 0) is 11.2 Å². The fourth-order valence-electron chi connectivity index (χ4n) is 3.50. The van der Waals surface area contributed by atoms with Gasteiger partial charge in [0.15, 0.2) is 6.61 Å². The van der Waals surface area contributed by atoms with Crippen LogP contribution in [0.1, 0.15) is 48.0 Å². The molecule has 1 saturated carbocycles. The van der Waals surface area contributed by atoms with Gasteiger partial charge in [0.05, 0.1) is 5.56 Å². The second-order valence-corrected chi connectivity index (χ2v) is 7.18. The van der Waals surface area contributed by atoms with Gasteiger partial charge in [-0.1, -0.05) is 61.7 Å². The van der Waals surface area contributed by atoms with Crippen LogP contribution in [-0.4, -0.2) is 31.0 Å². The highest BCUT2D eigenvalue weighted by Crippen LogP contribution is 2.19. The van der Waals surface area contributed by atoms with Gasteiger partial charge in [0.25, 0.3) is 11.8 Å². The van der Waals surface area contributed by atoms with Crippen LogP contribution in [0.3, 0.4) is 0 Å². The van der Waals surface area contributed by atoms with Crippen LogP contribution in [0.15, 0.2) is 54.6 Å². The van der Waals surface area contributed by atoms with E-state index in [2.05, 4.69) is 10.6 Å². The number of rotatable bonds is 8. The van der Waals surface area contributed by atoms with E-state index in [0.29, 0.717) is 17.9 Å². The van der Waals surface area contributed by atoms with Crippen LogP contribution in [0.4, 0.5) is 0 Å². The topological polar surface area (TPSA) is 67.4 Å². The molecule has 2 aromatic rings. The monoisotopic (exact) mass is 380 g/mol. The lowest BCUT2D eigenvalue weighted by Gasteiger charge is -2.22. The van der Waals surface area contributed by atoms with Gasteiger partial charge in [-0.25, -0.2) is 0 Å². The molecule has 1 aliphatic carbocycles. The van der Waals surface area contributed by atoms with Crippen molar-refractivity contribution in [2.75, 3.05) is 13.2 Å². The van der Waals surface area contributed by atoms with Gasteiger partial charge in [0.1, 0.15) is 5.75 Å². The molecule has 0 bridgehead atoms. The summed E-state index contributed by atoms with van der Waals surface area (Å²) >= 11 is 0. The van der Waals surface area contributed by atoms with Crippen LogP contribution in [0.25, 0.3) is 0 Å². The fraction of sp³-hybridized carbons (Fsp3) is 0.391. The van der Waals surface area contributed by atoms with Crippen molar-refractivity contribution in [2.24, 2.45) is 0 Å². The van der Waals surface area contributed by atoms with Crippen molar-refractivity contribution in [1.29, 1.82) is 0 Å². The van der Waals surface area contributed by atoms with Crippen LogP contribution < -0.4 is 15.4 Å². The summed E-state index contributed by atoms with van der Waals surface area (Å²) in [5, 5.41) is 5.95. The van der Waals surface area contributed by atoms with E-state index in [1.807, 2.05) is 30.3 Å². The van der Waals surface area contributed by atoms with Crippen molar-refractivity contribution < 1.29 is 14.3 Å². The van der Waals surface area contributed by atoms with Crippen molar-refractivity contribution in [1.82, 2.24) is 10.6 Å². The molecule has 28 heavy (non-hydrogen) atoms. The molecule has 0 unspecified atom stereocenters. The number of hydrogen-bond acceptors (Lipinski definition) is 3. The third kappa shape index (κ3) is 6.12. The molecule has 0 saturated heterocycles. The van der Waals surface area contributed by atoms with Crippen molar-refractivity contribution in [3.63, 3.8) is 0 Å². The highest BCUT2D eigenvalue weighted by Gasteiger charge is 2.17. The smallest absolute Gasteiger partial charge is 0.258 e. The Labute approximate surface area is 166 Å². The Hall–Kier alpha value is -2.82. The lowest BCUT2D eigenvalue weighted by molar-refractivity contribution is -0.124. The van der Waals surface area contributed by atoms with Crippen LogP contribution >= 0.6 is 0 Å². The Morgan fingerprint density at radius 1 is 0.929 bits per heavy atom. The number of benzene rings is 2. The van der Waals surface area contributed by atoms with E-state index >= 15 is 0 Å². The largest absolute Gasteiger partial charge is 0.483 e. The summed E-state index contributed by atoms with van der Waals surface area (Å²) in [4.78, 5) is 24.7. The Morgan fingerprint density at radius 2 is 1.64 bits per heavy atom. The standard InChI is InChI=1S/C23H28N2O3/c26-22(25-19-11-5-2-6-12-19)17-28-21-14-8-7-13-20(21)23(27)24-16-15-18-9-3-1-4-10-18/h1,3-4,7-10,13-14,19H,2,5-6,11-12,15-17H2,(H,24,27)(H,25,26). The van der Waals surface area contributed by atoms with Gasteiger partial charge in [-0.15, -0.1) is 0 Å². The van der Waals surface area contributed by atoms with Crippen LogP contribution in [0, 0.1) is 0 Å². The molecule has 5 heteroatoms. The molecule has 1 fully saturated rings. The zero-order valence-electron chi connectivity index (χ0n) is 16.2. The summed E-state index contributed by atoms with van der Waals surface area (Å²) in [6.07, 6.45) is 6.41. The maximum atomic E-state index is 12.5. The highest BCUT2D eigenvalue weighted by atomic mass is 16.5. The molecular formula is C23H28N2O3. The average Bonchev–Trinajstić information content (AvgIpc) is 2.74. The number of ether oxygens (including phenoxy) is 1. The Balaban J connectivity index is 1.48. The molecule has 1 aliphatic rings. The SMILES string of the molecule is O=C(COc1ccccc1C(=O)NCCc1ccccc1)NC1CCCCC1. The first kappa shape index (κ1) is 19.9. The summed E-state index contributed by atoms with van der Waals surface area (Å²) in [5.74, 6) is 0.101. The minimum absolute atomic E-state index is 0.0786. The predicted octanol–water partition coefficient (Wildman–Crippen LogP) is 3.49. The molecule has 0 heterocycles. The summed E-state index contributed by atoms with van der Waals surface area (Å²) < 4.78 is 5.65. The van der Waals surface area contributed by atoms with Crippen molar-refractivity contribution in [3.8, 4) is 5.75 Å². The molecule has 0 radical (unpaired) electrons. The third-order valence-corrected chi connectivity index (χ3v) is 5.00. The Morgan fingerprint density at radius 3 is 2.43 bits per heavy atom. The van der Waals surface area contributed by atoms with Crippen molar-refractivity contribution in [3.05, 3.63) is 65.7 Å². The summed E-state index contributed by atoms with van der Waals surface area (Å²) in [7, 11) is 0. The average molecular weight is 380 g/mol. The van der Waals surface area contributed by atoms with E-state index in [4.69, 9.17) is 4.74 Å². The second kappa shape index (κ2) is 10.5. The van der Waals surface area contributed by atoms with E-state index in [1.165, 1.54) is 12.0 Å². The number of amides is 2. The molecule has 2 N–H and O–H groups in total. The molecule has 2 amide bonds. The van der Waals surface area contributed by atoms with Gasteiger partial charge in [-0.05, 0) is 37.0 Å². The quantitative estimate of drug-likeness (QED) is 0.737.